The number of carbonyl (C=O) groups is 3. The first kappa shape index (κ1) is 19.9. The van der Waals surface area contributed by atoms with Gasteiger partial charge in [-0.1, -0.05) is 24.3 Å². The Morgan fingerprint density at radius 1 is 1.16 bits per heavy atom. The number of hydrogen-bond donors (Lipinski definition) is 1. The molecule has 0 bridgehead atoms. The molecular weight excluding hydrogens is 412 g/mol. The summed E-state index contributed by atoms with van der Waals surface area (Å²) in [5, 5.41) is 9.72. The van der Waals surface area contributed by atoms with Crippen LogP contribution in [0.1, 0.15) is 31.0 Å². The zero-order chi connectivity index (χ0) is 22.6. The van der Waals surface area contributed by atoms with E-state index in [0.717, 1.165) is 16.0 Å². The summed E-state index contributed by atoms with van der Waals surface area (Å²) in [7, 11) is 0. The molecule has 9 heteroatoms. The molecular formula is C23H20N4O5. The number of rotatable bonds is 3. The highest BCUT2D eigenvalue weighted by Gasteiger charge is 2.52. The van der Waals surface area contributed by atoms with Crippen LogP contribution in [-0.4, -0.2) is 44.1 Å². The van der Waals surface area contributed by atoms with Crippen molar-refractivity contribution in [3.05, 3.63) is 77.1 Å². The molecule has 0 radical (unpaired) electrons. The van der Waals surface area contributed by atoms with Crippen molar-refractivity contribution in [3.8, 4) is 0 Å². The summed E-state index contributed by atoms with van der Waals surface area (Å²) in [5.74, 6) is -1.18. The highest BCUT2D eigenvalue weighted by molar-refractivity contribution is 6.09. The molecule has 3 unspecified atom stereocenters. The maximum absolute atomic E-state index is 13.0. The normalized spacial score (nSPS) is 25.6. The van der Waals surface area contributed by atoms with Gasteiger partial charge in [-0.3, -0.25) is 14.5 Å². The number of fused-ring (bicyclic) bond motifs is 3. The molecule has 1 aliphatic carbocycles. The van der Waals surface area contributed by atoms with Crippen molar-refractivity contribution in [2.24, 2.45) is 5.92 Å². The van der Waals surface area contributed by atoms with Crippen LogP contribution in [0.3, 0.4) is 0 Å². The zero-order valence-electron chi connectivity index (χ0n) is 17.4. The predicted octanol–water partition coefficient (Wildman–Crippen LogP) is 2.82. The number of nitrogens with zero attached hydrogens (tertiary/aromatic N) is 4. The Balaban J connectivity index is 1.50. The van der Waals surface area contributed by atoms with Gasteiger partial charge >= 0.3 is 6.09 Å². The van der Waals surface area contributed by atoms with Gasteiger partial charge in [0.15, 0.2) is 0 Å². The number of benzene rings is 1. The standard InChI is InChI=1S/C23H20N4O5/c1-12-13(2)22(26(20(12)28)15-8-24-11-25-9-15)32-10-18-17-7-14-5-3-4-6-16(14)19(17)27(21(18)29)23(30)31/h3-6,8-11,17,19,22H,7H2,1-2H3,(H,30,31). The molecule has 2 aromatic rings. The summed E-state index contributed by atoms with van der Waals surface area (Å²) in [6.07, 6.45) is 4.18. The Labute approximate surface area is 183 Å². The van der Waals surface area contributed by atoms with Crippen molar-refractivity contribution in [3.63, 3.8) is 0 Å². The number of carbonyl (C=O) groups excluding carboxylic acids is 2. The van der Waals surface area contributed by atoms with Crippen LogP contribution in [0, 0.1) is 5.92 Å². The van der Waals surface area contributed by atoms with E-state index in [1.807, 2.05) is 24.3 Å². The number of aromatic nitrogens is 2. The maximum Gasteiger partial charge on any atom is 0.414 e. The Kier molecular flexibility index (Phi) is 4.54. The van der Waals surface area contributed by atoms with E-state index >= 15 is 0 Å². The predicted molar refractivity (Wildman–Crippen MR) is 112 cm³/mol. The van der Waals surface area contributed by atoms with Gasteiger partial charge in [-0.2, -0.15) is 0 Å². The van der Waals surface area contributed by atoms with Crippen LogP contribution in [0.15, 0.2) is 66.0 Å². The summed E-state index contributed by atoms with van der Waals surface area (Å²) in [6, 6.07) is 6.96. The van der Waals surface area contributed by atoms with Gasteiger partial charge in [0.05, 0.1) is 36.0 Å². The van der Waals surface area contributed by atoms with Gasteiger partial charge in [0.1, 0.15) is 6.33 Å². The molecule has 3 aliphatic rings. The second kappa shape index (κ2) is 7.30. The van der Waals surface area contributed by atoms with Crippen molar-refractivity contribution < 1.29 is 24.2 Å². The third-order valence-electron chi connectivity index (χ3n) is 6.43. The number of anilines is 1. The van der Waals surface area contributed by atoms with Crippen molar-refractivity contribution in [1.29, 1.82) is 0 Å². The van der Waals surface area contributed by atoms with E-state index in [4.69, 9.17) is 4.74 Å². The first-order valence-electron chi connectivity index (χ1n) is 10.2. The lowest BCUT2D eigenvalue weighted by Crippen LogP contribution is -2.37. The fourth-order valence-electron chi connectivity index (χ4n) is 4.74. The van der Waals surface area contributed by atoms with E-state index in [9.17, 15) is 19.5 Å². The van der Waals surface area contributed by atoms with Crippen molar-refractivity contribution >= 4 is 23.6 Å². The van der Waals surface area contributed by atoms with Crippen LogP contribution in [0.5, 0.6) is 0 Å². The van der Waals surface area contributed by atoms with Gasteiger partial charge in [-0.05, 0) is 37.0 Å². The summed E-state index contributed by atoms with van der Waals surface area (Å²) in [4.78, 5) is 48.0. The summed E-state index contributed by atoms with van der Waals surface area (Å²) < 4.78 is 6.00. The average Bonchev–Trinajstić information content (AvgIpc) is 3.36. The molecule has 1 N–H and O–H groups in total. The quantitative estimate of drug-likeness (QED) is 0.586. The molecule has 3 amide bonds. The number of likely N-dealkylation sites (tertiary alicyclic amines) is 1. The van der Waals surface area contributed by atoms with Crippen molar-refractivity contribution in [1.82, 2.24) is 14.9 Å². The minimum absolute atomic E-state index is 0.239. The van der Waals surface area contributed by atoms with Crippen LogP contribution in [0.2, 0.25) is 0 Å². The first-order chi connectivity index (χ1) is 15.4. The highest BCUT2D eigenvalue weighted by Crippen LogP contribution is 2.49. The molecule has 1 aromatic heterocycles. The van der Waals surface area contributed by atoms with Crippen molar-refractivity contribution in [2.45, 2.75) is 32.5 Å². The topological polar surface area (TPSA) is 113 Å². The third-order valence-corrected chi connectivity index (χ3v) is 6.43. The third kappa shape index (κ3) is 2.81. The number of ether oxygens (including phenoxy) is 1. The molecule has 162 valence electrons. The van der Waals surface area contributed by atoms with Crippen LogP contribution in [-0.2, 0) is 20.7 Å². The molecule has 1 fully saturated rings. The summed E-state index contributed by atoms with van der Waals surface area (Å²) in [6.45, 7) is 3.50. The Bertz CT molecular complexity index is 1210. The van der Waals surface area contributed by atoms with Gasteiger partial charge in [0.25, 0.3) is 11.8 Å². The van der Waals surface area contributed by atoms with Crippen molar-refractivity contribution in [2.75, 3.05) is 4.90 Å². The lowest BCUT2D eigenvalue weighted by molar-refractivity contribution is -0.124. The summed E-state index contributed by atoms with van der Waals surface area (Å²) in [5.41, 5.74) is 3.83. The van der Waals surface area contributed by atoms with Gasteiger partial charge in [0.2, 0.25) is 6.23 Å². The average molecular weight is 432 g/mol. The molecule has 0 spiro atoms. The fourth-order valence-corrected chi connectivity index (χ4v) is 4.74. The van der Waals surface area contributed by atoms with Gasteiger partial charge in [-0.25, -0.2) is 19.7 Å². The van der Waals surface area contributed by atoms with E-state index in [2.05, 4.69) is 9.97 Å². The van der Waals surface area contributed by atoms with E-state index in [1.165, 1.54) is 29.9 Å². The lowest BCUT2D eigenvalue weighted by Gasteiger charge is -2.25. The number of amides is 3. The van der Waals surface area contributed by atoms with Gasteiger partial charge in [0, 0.05) is 11.5 Å². The lowest BCUT2D eigenvalue weighted by atomic mass is 9.97. The van der Waals surface area contributed by atoms with E-state index in [1.54, 1.807) is 13.8 Å². The Morgan fingerprint density at radius 2 is 1.88 bits per heavy atom. The first-order valence-corrected chi connectivity index (χ1v) is 10.2. The SMILES string of the molecule is CC1=C(C)C(OC=C2C(=O)N(C(=O)O)C3c4ccccc4CC23)N(c2cncnc2)C1=O. The van der Waals surface area contributed by atoms with Gasteiger partial charge in [-0.15, -0.1) is 0 Å². The molecule has 3 atom stereocenters. The smallest absolute Gasteiger partial charge is 0.414 e. The van der Waals surface area contributed by atoms with Crippen LogP contribution in [0.4, 0.5) is 10.5 Å². The minimum Gasteiger partial charge on any atom is -0.473 e. The molecule has 1 saturated heterocycles. The number of imide groups is 1. The van der Waals surface area contributed by atoms with E-state index in [-0.39, 0.29) is 17.4 Å². The number of hydrogen-bond acceptors (Lipinski definition) is 6. The number of carboxylic acid groups (broad SMARTS) is 1. The Morgan fingerprint density at radius 3 is 2.59 bits per heavy atom. The molecule has 32 heavy (non-hydrogen) atoms. The van der Waals surface area contributed by atoms with Crippen LogP contribution in [0.25, 0.3) is 0 Å². The molecule has 3 heterocycles. The van der Waals surface area contributed by atoms with E-state index < -0.39 is 24.3 Å². The maximum atomic E-state index is 13.0. The monoisotopic (exact) mass is 432 g/mol. The molecule has 5 rings (SSSR count). The second-order valence-corrected chi connectivity index (χ2v) is 8.05. The van der Waals surface area contributed by atoms with E-state index in [0.29, 0.717) is 23.3 Å². The molecule has 0 saturated carbocycles. The van der Waals surface area contributed by atoms with Crippen LogP contribution >= 0.6 is 0 Å². The second-order valence-electron chi connectivity index (χ2n) is 8.05. The molecule has 9 nitrogen and oxygen atoms in total. The molecule has 2 aliphatic heterocycles. The van der Waals surface area contributed by atoms with Gasteiger partial charge < -0.3 is 9.84 Å². The minimum atomic E-state index is -1.30. The van der Waals surface area contributed by atoms with Crippen LogP contribution < -0.4 is 4.90 Å². The Hall–Kier alpha value is -4.01. The highest BCUT2D eigenvalue weighted by atomic mass is 16.5. The fraction of sp³-hybridized carbons (Fsp3) is 0.261. The molecule has 1 aromatic carbocycles. The largest absolute Gasteiger partial charge is 0.473 e. The summed E-state index contributed by atoms with van der Waals surface area (Å²) >= 11 is 0. The zero-order valence-corrected chi connectivity index (χ0v) is 17.4.